The molecule has 9 heteroatoms. The number of rotatable bonds is 3. The van der Waals surface area contributed by atoms with Crippen LogP contribution in [0.3, 0.4) is 0 Å². The number of fused-ring (bicyclic) bond motifs is 2. The van der Waals surface area contributed by atoms with Gasteiger partial charge in [-0.15, -0.1) is 22.7 Å². The number of thiazole rings is 1. The fourth-order valence-electron chi connectivity index (χ4n) is 3.79. The molecule has 32 heavy (non-hydrogen) atoms. The van der Waals surface area contributed by atoms with Gasteiger partial charge in [0.05, 0.1) is 23.9 Å². The molecule has 0 saturated heterocycles. The molecule has 0 aliphatic carbocycles. The Hall–Kier alpha value is -2.94. The van der Waals surface area contributed by atoms with E-state index >= 15 is 0 Å². The number of halogens is 1. The van der Waals surface area contributed by atoms with Gasteiger partial charge in [0.1, 0.15) is 10.0 Å². The predicted octanol–water partition coefficient (Wildman–Crippen LogP) is 6.06. The van der Waals surface area contributed by atoms with E-state index in [9.17, 15) is 9.59 Å². The average molecular weight is 484 g/mol. The van der Waals surface area contributed by atoms with E-state index in [2.05, 4.69) is 5.32 Å². The molecule has 4 aromatic rings. The lowest BCUT2D eigenvalue weighted by atomic mass is 10.0. The Balaban J connectivity index is 1.58. The molecule has 3 heterocycles. The zero-order chi connectivity index (χ0) is 22.2. The van der Waals surface area contributed by atoms with Crippen LogP contribution in [-0.2, 0) is 17.7 Å². The number of aromatic nitrogens is 1. The standard InChI is InChI=1S/C23H18ClN3O3S2/c1-30-23(29)27-10-9-15-18(12-27)32-22(26-20(28)13-5-4-6-14(24)11-13)19(15)21-25-16-7-2-3-8-17(16)31-21/h2-8,11H,9-10,12H2,1H3,(H,26,28). The number of anilines is 1. The minimum Gasteiger partial charge on any atom is -0.453 e. The number of ether oxygens (including phenoxy) is 1. The Morgan fingerprint density at radius 3 is 2.78 bits per heavy atom. The highest BCUT2D eigenvalue weighted by molar-refractivity contribution is 7.23. The normalized spacial score (nSPS) is 13.1. The first kappa shape index (κ1) is 20.9. The van der Waals surface area contributed by atoms with Crippen molar-refractivity contribution in [2.75, 3.05) is 19.0 Å². The molecule has 2 amide bonds. The largest absolute Gasteiger partial charge is 0.453 e. The Morgan fingerprint density at radius 2 is 2.00 bits per heavy atom. The summed E-state index contributed by atoms with van der Waals surface area (Å²) in [5, 5.41) is 5.15. The first-order valence-electron chi connectivity index (χ1n) is 9.94. The van der Waals surface area contributed by atoms with E-state index in [0.717, 1.165) is 36.2 Å². The van der Waals surface area contributed by atoms with Gasteiger partial charge in [-0.1, -0.05) is 29.8 Å². The van der Waals surface area contributed by atoms with Crippen LogP contribution in [0.25, 0.3) is 20.8 Å². The molecule has 6 nitrogen and oxygen atoms in total. The van der Waals surface area contributed by atoms with Crippen molar-refractivity contribution in [3.63, 3.8) is 0 Å². The fourth-order valence-corrected chi connectivity index (χ4v) is 6.35. The predicted molar refractivity (Wildman–Crippen MR) is 129 cm³/mol. The summed E-state index contributed by atoms with van der Waals surface area (Å²) in [4.78, 5) is 32.6. The quantitative estimate of drug-likeness (QED) is 0.384. The molecule has 1 aliphatic heterocycles. The van der Waals surface area contributed by atoms with E-state index in [4.69, 9.17) is 21.3 Å². The summed E-state index contributed by atoms with van der Waals surface area (Å²) in [5.74, 6) is -0.238. The van der Waals surface area contributed by atoms with Gasteiger partial charge in [-0.2, -0.15) is 0 Å². The minimum absolute atomic E-state index is 0.238. The van der Waals surface area contributed by atoms with E-state index in [0.29, 0.717) is 30.1 Å². The zero-order valence-electron chi connectivity index (χ0n) is 17.1. The molecule has 2 aromatic heterocycles. The summed E-state index contributed by atoms with van der Waals surface area (Å²) >= 11 is 9.15. The van der Waals surface area contributed by atoms with Crippen molar-refractivity contribution in [3.05, 3.63) is 69.6 Å². The molecule has 1 aliphatic rings. The van der Waals surface area contributed by atoms with Crippen LogP contribution < -0.4 is 5.32 Å². The maximum absolute atomic E-state index is 13.0. The number of amides is 2. The van der Waals surface area contributed by atoms with Gasteiger partial charge in [0.2, 0.25) is 0 Å². The van der Waals surface area contributed by atoms with Crippen LogP contribution in [0.5, 0.6) is 0 Å². The highest BCUT2D eigenvalue weighted by Gasteiger charge is 2.30. The van der Waals surface area contributed by atoms with Gasteiger partial charge in [-0.3, -0.25) is 4.79 Å². The number of hydrogen-bond acceptors (Lipinski definition) is 6. The van der Waals surface area contributed by atoms with Crippen molar-refractivity contribution in [1.82, 2.24) is 9.88 Å². The second-order valence-electron chi connectivity index (χ2n) is 7.30. The van der Waals surface area contributed by atoms with Crippen molar-refractivity contribution in [2.45, 2.75) is 13.0 Å². The van der Waals surface area contributed by atoms with E-state index in [1.807, 2.05) is 24.3 Å². The lowest BCUT2D eigenvalue weighted by Crippen LogP contribution is -2.35. The first-order chi connectivity index (χ1) is 15.5. The van der Waals surface area contributed by atoms with Crippen LogP contribution in [0, 0.1) is 0 Å². The molecular formula is C23H18ClN3O3S2. The topological polar surface area (TPSA) is 71.5 Å². The molecule has 0 spiro atoms. The van der Waals surface area contributed by atoms with Crippen molar-refractivity contribution in [2.24, 2.45) is 0 Å². The SMILES string of the molecule is COC(=O)N1CCc2c(sc(NC(=O)c3cccc(Cl)c3)c2-c2nc3ccccc3s2)C1. The summed E-state index contributed by atoms with van der Waals surface area (Å²) in [6, 6.07) is 14.8. The van der Waals surface area contributed by atoms with Crippen molar-refractivity contribution >= 4 is 61.5 Å². The smallest absolute Gasteiger partial charge is 0.409 e. The Kier molecular flexibility index (Phi) is 5.58. The van der Waals surface area contributed by atoms with E-state index in [1.165, 1.54) is 18.4 Å². The molecule has 0 unspecified atom stereocenters. The molecule has 5 rings (SSSR count). The molecule has 0 bridgehead atoms. The van der Waals surface area contributed by atoms with Crippen LogP contribution in [0.2, 0.25) is 5.02 Å². The van der Waals surface area contributed by atoms with Gasteiger partial charge in [-0.05, 0) is 42.3 Å². The number of nitrogens with one attached hydrogen (secondary N) is 1. The maximum Gasteiger partial charge on any atom is 0.409 e. The summed E-state index contributed by atoms with van der Waals surface area (Å²) < 4.78 is 5.98. The Labute approximate surface area is 197 Å². The highest BCUT2D eigenvalue weighted by Crippen LogP contribution is 2.45. The third-order valence-corrected chi connectivity index (χ3v) is 7.73. The average Bonchev–Trinajstić information content (AvgIpc) is 3.38. The molecule has 0 fully saturated rings. The summed E-state index contributed by atoms with van der Waals surface area (Å²) in [5.41, 5.74) is 3.46. The van der Waals surface area contributed by atoms with Gasteiger partial charge < -0.3 is 15.0 Å². The number of methoxy groups -OCH3 is 1. The van der Waals surface area contributed by atoms with Crippen molar-refractivity contribution in [3.8, 4) is 10.6 Å². The number of hydrogen-bond donors (Lipinski definition) is 1. The van der Waals surface area contributed by atoms with Crippen LogP contribution in [0.1, 0.15) is 20.8 Å². The highest BCUT2D eigenvalue weighted by atomic mass is 35.5. The number of carbonyl (C=O) groups excluding carboxylic acids is 2. The number of para-hydroxylation sites is 1. The molecule has 0 atom stereocenters. The van der Waals surface area contributed by atoms with Crippen molar-refractivity contribution < 1.29 is 14.3 Å². The van der Waals surface area contributed by atoms with E-state index in [1.54, 1.807) is 40.5 Å². The van der Waals surface area contributed by atoms with Crippen LogP contribution in [-0.4, -0.2) is 35.5 Å². The maximum atomic E-state index is 13.0. The van der Waals surface area contributed by atoms with Crippen LogP contribution >= 0.6 is 34.3 Å². The summed E-state index contributed by atoms with van der Waals surface area (Å²) in [6.45, 7) is 0.994. The second-order valence-corrected chi connectivity index (χ2v) is 9.87. The number of carbonyl (C=O) groups is 2. The number of benzene rings is 2. The van der Waals surface area contributed by atoms with Gasteiger partial charge >= 0.3 is 6.09 Å². The minimum atomic E-state index is -0.352. The lowest BCUT2D eigenvalue weighted by molar-refractivity contribution is 0.102. The molecule has 2 aromatic carbocycles. The summed E-state index contributed by atoms with van der Waals surface area (Å²) in [7, 11) is 1.38. The van der Waals surface area contributed by atoms with Gasteiger partial charge in [0.25, 0.3) is 5.91 Å². The lowest BCUT2D eigenvalue weighted by Gasteiger charge is -2.25. The molecule has 0 saturated carbocycles. The molecule has 162 valence electrons. The van der Waals surface area contributed by atoms with E-state index < -0.39 is 0 Å². The van der Waals surface area contributed by atoms with Gasteiger partial charge in [-0.25, -0.2) is 9.78 Å². The Morgan fingerprint density at radius 1 is 1.16 bits per heavy atom. The molecular weight excluding hydrogens is 466 g/mol. The third-order valence-electron chi connectivity index (χ3n) is 5.31. The second kappa shape index (κ2) is 8.54. The molecule has 0 radical (unpaired) electrons. The number of thiophene rings is 1. The van der Waals surface area contributed by atoms with Crippen LogP contribution in [0.15, 0.2) is 48.5 Å². The zero-order valence-corrected chi connectivity index (χ0v) is 19.4. The number of nitrogens with zero attached hydrogens (tertiary/aromatic N) is 2. The van der Waals surface area contributed by atoms with Crippen molar-refractivity contribution in [1.29, 1.82) is 0 Å². The third kappa shape index (κ3) is 3.85. The van der Waals surface area contributed by atoms with E-state index in [-0.39, 0.29) is 12.0 Å². The summed E-state index contributed by atoms with van der Waals surface area (Å²) in [6.07, 6.45) is 0.314. The Bertz CT molecular complexity index is 1310. The molecule has 1 N–H and O–H groups in total. The first-order valence-corrected chi connectivity index (χ1v) is 11.9. The van der Waals surface area contributed by atoms with Crippen LogP contribution in [0.4, 0.5) is 9.80 Å². The monoisotopic (exact) mass is 483 g/mol. The van der Waals surface area contributed by atoms with Gasteiger partial charge in [0, 0.05) is 27.6 Å². The fraction of sp³-hybridized carbons (Fsp3) is 0.174. The van der Waals surface area contributed by atoms with Gasteiger partial charge in [0.15, 0.2) is 0 Å².